The summed E-state index contributed by atoms with van der Waals surface area (Å²) in [7, 11) is 0. The largest absolute Gasteiger partial charge is 0.386 e. The summed E-state index contributed by atoms with van der Waals surface area (Å²) in [5.74, 6) is -1.23. The molecule has 0 aromatic rings. The second-order valence-corrected chi connectivity index (χ2v) is 5.83. The van der Waals surface area contributed by atoms with E-state index in [0.717, 1.165) is 0 Å². The number of nitriles is 2. The van der Waals surface area contributed by atoms with E-state index in [9.17, 15) is 10.5 Å². The van der Waals surface area contributed by atoms with Crippen LogP contribution in [0, 0.1) is 38.9 Å². The molecular weight excluding hydrogens is 256 g/mol. The maximum absolute atomic E-state index is 9.90. The van der Waals surface area contributed by atoms with E-state index >= 15 is 0 Å². The highest BCUT2D eigenvalue weighted by molar-refractivity contribution is 6.00. The molecule has 0 amide bonds. The SMILES string of the molecule is CCC1(CC)[C@]2(C#N)[C@@]3(N=C(N)[C@]12C#N)OC[C@H](C)O3. The Hall–Kier alpha value is -1.63. The molecule has 6 nitrogen and oxygen atoms in total. The lowest BCUT2D eigenvalue weighted by atomic mass is 9.85. The molecule has 1 saturated carbocycles. The zero-order valence-electron chi connectivity index (χ0n) is 11.9. The number of nitrogens with zero attached hydrogens (tertiary/aromatic N) is 3. The first-order valence-electron chi connectivity index (χ1n) is 6.97. The summed E-state index contributed by atoms with van der Waals surface area (Å²) < 4.78 is 11.6. The van der Waals surface area contributed by atoms with Gasteiger partial charge in [-0.05, 0) is 19.8 Å². The van der Waals surface area contributed by atoms with Crippen molar-refractivity contribution < 1.29 is 9.47 Å². The predicted molar refractivity (Wildman–Crippen MR) is 70.0 cm³/mol. The van der Waals surface area contributed by atoms with Crippen LogP contribution in [0.5, 0.6) is 0 Å². The summed E-state index contributed by atoms with van der Waals surface area (Å²) in [6, 6.07) is 4.59. The average Bonchev–Trinajstić information content (AvgIpc) is 2.68. The van der Waals surface area contributed by atoms with E-state index in [1.165, 1.54) is 0 Å². The van der Waals surface area contributed by atoms with E-state index in [2.05, 4.69) is 17.1 Å². The highest BCUT2D eigenvalue weighted by Crippen LogP contribution is 2.88. The highest BCUT2D eigenvalue weighted by atomic mass is 16.8. The molecule has 0 unspecified atom stereocenters. The van der Waals surface area contributed by atoms with Gasteiger partial charge in [-0.25, -0.2) is 4.99 Å². The van der Waals surface area contributed by atoms with Gasteiger partial charge < -0.3 is 15.2 Å². The second-order valence-electron chi connectivity index (χ2n) is 5.83. The first-order valence-corrected chi connectivity index (χ1v) is 6.97. The van der Waals surface area contributed by atoms with Crippen molar-refractivity contribution in [2.24, 2.45) is 27.0 Å². The topological polar surface area (TPSA) is 104 Å². The van der Waals surface area contributed by atoms with Gasteiger partial charge in [0.15, 0.2) is 5.41 Å². The molecule has 2 aliphatic heterocycles. The van der Waals surface area contributed by atoms with Crippen LogP contribution in [0.4, 0.5) is 0 Å². The molecule has 20 heavy (non-hydrogen) atoms. The van der Waals surface area contributed by atoms with Gasteiger partial charge in [0.25, 0.3) is 5.91 Å². The molecule has 2 heterocycles. The van der Waals surface area contributed by atoms with Crippen LogP contribution in [-0.4, -0.2) is 24.5 Å². The molecule has 0 bridgehead atoms. The molecule has 4 atom stereocenters. The maximum atomic E-state index is 9.90. The molecule has 0 radical (unpaired) electrons. The monoisotopic (exact) mass is 274 g/mol. The van der Waals surface area contributed by atoms with Crippen LogP contribution in [0.15, 0.2) is 4.99 Å². The Morgan fingerprint density at radius 3 is 2.35 bits per heavy atom. The smallest absolute Gasteiger partial charge is 0.293 e. The Balaban J connectivity index is 2.26. The number of aliphatic imine (C=N–C) groups is 1. The summed E-state index contributed by atoms with van der Waals surface area (Å²) in [6.45, 7) is 6.16. The number of fused-ring (bicyclic) bond motifs is 2. The van der Waals surface area contributed by atoms with Crippen molar-refractivity contribution >= 4 is 5.84 Å². The van der Waals surface area contributed by atoms with Crippen molar-refractivity contribution in [3.8, 4) is 12.1 Å². The minimum absolute atomic E-state index is 0.168. The van der Waals surface area contributed by atoms with Crippen LogP contribution in [0.1, 0.15) is 33.6 Å². The lowest BCUT2D eigenvalue weighted by Gasteiger charge is -2.30. The standard InChI is InChI=1S/C14H18N4O2/c1-4-11(5-2)12(7-15)10(17)18-14(13(11,12)8-16)19-6-9(3)20-14/h9H,4-6H2,1-3H3,(H2,17,18)/t9-,12+,13-,14+/m0/s1. The number of hydrogen-bond donors (Lipinski definition) is 1. The Morgan fingerprint density at radius 1 is 1.35 bits per heavy atom. The normalized spacial score (nSPS) is 47.5. The fraction of sp³-hybridized carbons (Fsp3) is 0.786. The lowest BCUT2D eigenvalue weighted by molar-refractivity contribution is -0.201. The fourth-order valence-electron chi connectivity index (χ4n) is 4.64. The Kier molecular flexibility index (Phi) is 2.35. The van der Waals surface area contributed by atoms with Gasteiger partial charge in [-0.2, -0.15) is 10.5 Å². The van der Waals surface area contributed by atoms with Gasteiger partial charge in [0.1, 0.15) is 11.3 Å². The Morgan fingerprint density at radius 2 is 2.00 bits per heavy atom. The molecule has 0 aromatic carbocycles. The molecule has 0 aromatic heterocycles. The molecule has 2 N–H and O–H groups in total. The number of amidine groups is 1. The van der Waals surface area contributed by atoms with E-state index < -0.39 is 22.2 Å². The number of rotatable bonds is 2. The van der Waals surface area contributed by atoms with Crippen molar-refractivity contribution in [1.82, 2.24) is 0 Å². The van der Waals surface area contributed by atoms with Crippen molar-refractivity contribution in [2.75, 3.05) is 6.61 Å². The zero-order valence-corrected chi connectivity index (χ0v) is 11.9. The van der Waals surface area contributed by atoms with Gasteiger partial charge >= 0.3 is 0 Å². The van der Waals surface area contributed by atoms with Crippen LogP contribution in [-0.2, 0) is 9.47 Å². The predicted octanol–water partition coefficient (Wildman–Crippen LogP) is 1.29. The van der Waals surface area contributed by atoms with Crippen LogP contribution >= 0.6 is 0 Å². The number of ether oxygens (including phenoxy) is 2. The van der Waals surface area contributed by atoms with Gasteiger partial charge in [0, 0.05) is 5.41 Å². The third-order valence-electron chi connectivity index (χ3n) is 5.48. The first kappa shape index (κ1) is 13.4. The molecule has 106 valence electrons. The third kappa shape index (κ3) is 0.878. The van der Waals surface area contributed by atoms with Gasteiger partial charge in [-0.3, -0.25) is 0 Å². The number of nitrogens with two attached hydrogens (primary N) is 1. The number of hydrogen-bond acceptors (Lipinski definition) is 6. The third-order valence-corrected chi connectivity index (χ3v) is 5.48. The van der Waals surface area contributed by atoms with Crippen LogP contribution < -0.4 is 5.73 Å². The Labute approximate surface area is 118 Å². The van der Waals surface area contributed by atoms with Gasteiger partial charge in [0.2, 0.25) is 0 Å². The summed E-state index contributed by atoms with van der Waals surface area (Å²) in [5, 5.41) is 19.7. The summed E-state index contributed by atoms with van der Waals surface area (Å²) in [5.41, 5.74) is 3.28. The highest BCUT2D eigenvalue weighted by Gasteiger charge is 3.00. The van der Waals surface area contributed by atoms with Crippen molar-refractivity contribution in [1.29, 1.82) is 10.5 Å². The Bertz CT molecular complexity index is 585. The van der Waals surface area contributed by atoms with Crippen LogP contribution in [0.3, 0.4) is 0 Å². The average molecular weight is 274 g/mol. The zero-order chi connectivity index (χ0) is 14.8. The van der Waals surface area contributed by atoms with Crippen molar-refractivity contribution in [3.05, 3.63) is 0 Å². The van der Waals surface area contributed by atoms with Gasteiger partial charge in [-0.1, -0.05) is 13.8 Å². The van der Waals surface area contributed by atoms with E-state index in [4.69, 9.17) is 15.2 Å². The second kappa shape index (κ2) is 3.52. The first-order chi connectivity index (χ1) is 9.47. The van der Waals surface area contributed by atoms with Crippen LogP contribution in [0.2, 0.25) is 0 Å². The molecule has 1 spiro atoms. The van der Waals surface area contributed by atoms with Gasteiger partial charge in [-0.15, -0.1) is 0 Å². The minimum atomic E-state index is -1.41. The summed E-state index contributed by atoms with van der Waals surface area (Å²) in [4.78, 5) is 4.28. The molecule has 6 heteroatoms. The van der Waals surface area contributed by atoms with Gasteiger partial charge in [0.05, 0.1) is 24.8 Å². The quantitative estimate of drug-likeness (QED) is 0.816. The summed E-state index contributed by atoms with van der Waals surface area (Å²) in [6.07, 6.45) is 1.14. The molecule has 1 aliphatic carbocycles. The summed E-state index contributed by atoms with van der Waals surface area (Å²) >= 11 is 0. The maximum Gasteiger partial charge on any atom is 0.293 e. The minimum Gasteiger partial charge on any atom is -0.386 e. The molecule has 3 aliphatic rings. The van der Waals surface area contributed by atoms with Crippen LogP contribution in [0.25, 0.3) is 0 Å². The molecule has 3 rings (SSSR count). The lowest BCUT2D eigenvalue weighted by Crippen LogP contribution is -2.41. The van der Waals surface area contributed by atoms with Crippen molar-refractivity contribution in [2.45, 2.75) is 45.6 Å². The van der Waals surface area contributed by atoms with E-state index in [1.54, 1.807) is 0 Å². The van der Waals surface area contributed by atoms with E-state index in [0.29, 0.717) is 19.4 Å². The van der Waals surface area contributed by atoms with E-state index in [-0.39, 0.29) is 11.9 Å². The molecule has 1 saturated heterocycles. The fourth-order valence-corrected chi connectivity index (χ4v) is 4.64. The molecule has 2 fully saturated rings. The van der Waals surface area contributed by atoms with Crippen molar-refractivity contribution in [3.63, 3.8) is 0 Å². The molecular formula is C14H18N4O2. The van der Waals surface area contributed by atoms with E-state index in [1.807, 2.05) is 20.8 Å².